The summed E-state index contributed by atoms with van der Waals surface area (Å²) in [5, 5.41) is 9.58. The lowest BCUT2D eigenvalue weighted by molar-refractivity contribution is 0.305. The van der Waals surface area contributed by atoms with Crippen LogP contribution < -0.4 is 0 Å². The molecule has 0 aromatic heterocycles. The summed E-state index contributed by atoms with van der Waals surface area (Å²) >= 11 is 0. The maximum absolute atomic E-state index is 11.9. The van der Waals surface area contributed by atoms with E-state index < -0.39 is 10.1 Å². The molecule has 1 N–H and O–H groups in total. The van der Waals surface area contributed by atoms with Crippen molar-refractivity contribution in [2.75, 3.05) is 6.61 Å². The summed E-state index contributed by atoms with van der Waals surface area (Å²) in [6, 6.07) is 4.88. The molecule has 0 bridgehead atoms. The zero-order valence-corrected chi connectivity index (χ0v) is 13.8. The van der Waals surface area contributed by atoms with Crippen molar-refractivity contribution in [3.05, 3.63) is 29.3 Å². The Morgan fingerprint density at radius 1 is 1.10 bits per heavy atom. The van der Waals surface area contributed by atoms with Crippen LogP contribution in [0.2, 0.25) is 0 Å². The number of phenolic OH excluding ortho intramolecular Hbond substituents is 1. The van der Waals surface area contributed by atoms with Crippen molar-refractivity contribution in [3.8, 4) is 5.75 Å². The van der Waals surface area contributed by atoms with Gasteiger partial charge in [0.1, 0.15) is 11.5 Å². The van der Waals surface area contributed by atoms with Crippen LogP contribution in [0.3, 0.4) is 0 Å². The van der Waals surface area contributed by atoms with E-state index in [2.05, 4.69) is 6.92 Å². The highest BCUT2D eigenvalue weighted by Crippen LogP contribution is 2.21. The molecule has 0 aliphatic carbocycles. The van der Waals surface area contributed by atoms with E-state index >= 15 is 0 Å². The predicted octanol–water partition coefficient (Wildman–Crippen LogP) is 3.91. The van der Waals surface area contributed by atoms with Gasteiger partial charge in [0.25, 0.3) is 10.1 Å². The number of phenols is 1. The summed E-state index contributed by atoms with van der Waals surface area (Å²) in [6.45, 7) is 4.11. The second-order valence-corrected chi connectivity index (χ2v) is 6.99. The van der Waals surface area contributed by atoms with Crippen LogP contribution in [0, 0.1) is 6.92 Å². The van der Waals surface area contributed by atoms with Crippen LogP contribution in [0.15, 0.2) is 18.2 Å². The molecule has 0 heterocycles. The second kappa shape index (κ2) is 9.05. The molecular formula is C16H26O4S. The molecule has 0 atom stereocenters. The van der Waals surface area contributed by atoms with Gasteiger partial charge in [0, 0.05) is 0 Å². The minimum atomic E-state index is -3.58. The van der Waals surface area contributed by atoms with Crippen molar-refractivity contribution in [2.24, 2.45) is 0 Å². The Labute approximate surface area is 128 Å². The quantitative estimate of drug-likeness (QED) is 0.525. The number of benzene rings is 1. The Bertz CT molecular complexity index is 523. The van der Waals surface area contributed by atoms with Crippen molar-refractivity contribution < 1.29 is 17.7 Å². The molecule has 0 saturated heterocycles. The minimum Gasteiger partial charge on any atom is -0.508 e. The molecule has 0 unspecified atom stereocenters. The summed E-state index contributed by atoms with van der Waals surface area (Å²) in [5.74, 6) is -0.0816. The molecule has 0 radical (unpaired) electrons. The molecule has 0 saturated carbocycles. The summed E-state index contributed by atoms with van der Waals surface area (Å²) < 4.78 is 28.8. The molecule has 0 fully saturated rings. The molecule has 0 spiro atoms. The van der Waals surface area contributed by atoms with E-state index in [1.807, 2.05) is 0 Å². The van der Waals surface area contributed by atoms with Gasteiger partial charge in [-0.25, -0.2) is 0 Å². The van der Waals surface area contributed by atoms with E-state index in [1.54, 1.807) is 25.1 Å². The maximum Gasteiger partial charge on any atom is 0.271 e. The molecular weight excluding hydrogens is 288 g/mol. The van der Waals surface area contributed by atoms with E-state index in [0.29, 0.717) is 11.1 Å². The number of rotatable bonds is 10. The standard InChI is InChI=1S/C16H26O4S/c1-3-4-5-6-7-8-12-20-21(18,19)13-15-10-9-11-16(17)14(15)2/h9-11,17H,3-8,12-13H2,1-2H3. The first kappa shape index (κ1) is 18.0. The van der Waals surface area contributed by atoms with Crippen molar-refractivity contribution in [3.63, 3.8) is 0 Å². The van der Waals surface area contributed by atoms with Gasteiger partial charge in [-0.2, -0.15) is 8.42 Å². The largest absolute Gasteiger partial charge is 0.508 e. The van der Waals surface area contributed by atoms with Gasteiger partial charge in [-0.05, 0) is 30.5 Å². The summed E-state index contributed by atoms with van der Waals surface area (Å²) in [6.07, 6.45) is 6.53. The normalized spacial score (nSPS) is 11.7. The molecule has 0 aliphatic heterocycles. The first-order valence-electron chi connectivity index (χ1n) is 7.61. The third kappa shape index (κ3) is 6.96. The smallest absolute Gasteiger partial charge is 0.271 e. The SMILES string of the molecule is CCCCCCCCOS(=O)(=O)Cc1cccc(O)c1C. The van der Waals surface area contributed by atoms with Gasteiger partial charge in [0.15, 0.2) is 0 Å². The van der Waals surface area contributed by atoms with Crippen molar-refractivity contribution >= 4 is 10.1 Å². The fraction of sp³-hybridized carbons (Fsp3) is 0.625. The van der Waals surface area contributed by atoms with Crippen LogP contribution in [0.25, 0.3) is 0 Å². The highest BCUT2D eigenvalue weighted by molar-refractivity contribution is 7.85. The van der Waals surface area contributed by atoms with Crippen LogP contribution in [0.1, 0.15) is 56.6 Å². The van der Waals surface area contributed by atoms with Gasteiger partial charge < -0.3 is 5.11 Å². The molecule has 120 valence electrons. The Morgan fingerprint density at radius 3 is 2.48 bits per heavy atom. The van der Waals surface area contributed by atoms with Crippen molar-refractivity contribution in [1.82, 2.24) is 0 Å². The van der Waals surface area contributed by atoms with Crippen molar-refractivity contribution in [1.29, 1.82) is 0 Å². The van der Waals surface area contributed by atoms with Crippen LogP contribution in [-0.4, -0.2) is 20.1 Å². The molecule has 0 amide bonds. The topological polar surface area (TPSA) is 63.6 Å². The van der Waals surface area contributed by atoms with E-state index in [9.17, 15) is 13.5 Å². The van der Waals surface area contributed by atoms with Gasteiger partial charge in [0.05, 0.1) is 6.61 Å². The van der Waals surface area contributed by atoms with Crippen LogP contribution in [0.4, 0.5) is 0 Å². The predicted molar refractivity (Wildman–Crippen MR) is 84.8 cm³/mol. The zero-order valence-electron chi connectivity index (χ0n) is 13.0. The first-order chi connectivity index (χ1) is 9.96. The second-order valence-electron chi connectivity index (χ2n) is 5.35. The molecule has 21 heavy (non-hydrogen) atoms. The Hall–Kier alpha value is -1.07. The van der Waals surface area contributed by atoms with E-state index in [4.69, 9.17) is 4.18 Å². The molecule has 5 heteroatoms. The summed E-state index contributed by atoms with van der Waals surface area (Å²) in [7, 11) is -3.58. The monoisotopic (exact) mass is 314 g/mol. The zero-order chi connectivity index (χ0) is 15.7. The molecule has 0 aliphatic rings. The van der Waals surface area contributed by atoms with Crippen LogP contribution in [-0.2, 0) is 20.1 Å². The lowest BCUT2D eigenvalue weighted by Gasteiger charge is -2.09. The fourth-order valence-electron chi connectivity index (χ4n) is 2.13. The lowest BCUT2D eigenvalue weighted by Crippen LogP contribution is -2.10. The highest BCUT2D eigenvalue weighted by Gasteiger charge is 2.15. The van der Waals surface area contributed by atoms with E-state index in [0.717, 1.165) is 19.3 Å². The van der Waals surface area contributed by atoms with E-state index in [1.165, 1.54) is 19.3 Å². The third-order valence-corrected chi connectivity index (χ3v) is 4.70. The highest BCUT2D eigenvalue weighted by atomic mass is 32.2. The van der Waals surface area contributed by atoms with E-state index in [-0.39, 0.29) is 18.1 Å². The van der Waals surface area contributed by atoms with Gasteiger partial charge >= 0.3 is 0 Å². The number of aromatic hydroxyl groups is 1. The fourth-order valence-corrected chi connectivity index (χ4v) is 3.28. The van der Waals surface area contributed by atoms with Crippen molar-refractivity contribution in [2.45, 2.75) is 58.1 Å². The molecule has 1 aromatic rings. The summed E-state index contributed by atoms with van der Waals surface area (Å²) in [5.41, 5.74) is 1.17. The minimum absolute atomic E-state index is 0.110. The van der Waals surface area contributed by atoms with Crippen LogP contribution in [0.5, 0.6) is 5.75 Å². The third-order valence-electron chi connectivity index (χ3n) is 3.51. The number of hydrogen-bond donors (Lipinski definition) is 1. The Balaban J connectivity index is 2.35. The average molecular weight is 314 g/mol. The maximum atomic E-state index is 11.9. The van der Waals surface area contributed by atoms with Gasteiger partial charge in [0.2, 0.25) is 0 Å². The van der Waals surface area contributed by atoms with Gasteiger partial charge in [-0.3, -0.25) is 4.18 Å². The van der Waals surface area contributed by atoms with Gasteiger partial charge in [-0.15, -0.1) is 0 Å². The van der Waals surface area contributed by atoms with Gasteiger partial charge in [-0.1, -0.05) is 51.2 Å². The summed E-state index contributed by atoms with van der Waals surface area (Å²) in [4.78, 5) is 0. The molecule has 1 aromatic carbocycles. The lowest BCUT2D eigenvalue weighted by atomic mass is 10.1. The Morgan fingerprint density at radius 2 is 1.76 bits per heavy atom. The first-order valence-corrected chi connectivity index (χ1v) is 9.18. The number of unbranched alkanes of at least 4 members (excludes halogenated alkanes) is 5. The molecule has 1 rings (SSSR count). The van der Waals surface area contributed by atoms with Crippen LogP contribution >= 0.6 is 0 Å². The Kier molecular flexibility index (Phi) is 7.75. The average Bonchev–Trinajstić information content (AvgIpc) is 2.43. The number of hydrogen-bond acceptors (Lipinski definition) is 4. The molecule has 4 nitrogen and oxygen atoms in total.